The minimum Gasteiger partial charge on any atom is -0.493 e. The highest BCUT2D eigenvalue weighted by molar-refractivity contribution is 14.1. The molecule has 0 saturated carbocycles. The monoisotopic (exact) mass is 519 g/mol. The molecule has 2 atom stereocenters. The number of nitrogens with one attached hydrogen (secondary N) is 1. The first kappa shape index (κ1) is 21.3. The van der Waals surface area contributed by atoms with Gasteiger partial charge in [0.05, 0.1) is 12.7 Å². The molecule has 1 heterocycles. The number of carbonyl (C=O) groups excluding carboxylic acids is 1. The molecule has 2 aromatic rings. The number of benzene rings is 2. The molecular weight excluding hydrogens is 502 g/mol. The van der Waals surface area contributed by atoms with Gasteiger partial charge in [0.1, 0.15) is 22.5 Å². The summed E-state index contributed by atoms with van der Waals surface area (Å²) >= 11 is 2.10. The van der Waals surface area contributed by atoms with Gasteiger partial charge in [0, 0.05) is 12.0 Å². The van der Waals surface area contributed by atoms with Gasteiger partial charge in [-0.3, -0.25) is 10.2 Å². The first-order valence-corrected chi connectivity index (χ1v) is 9.61. The van der Waals surface area contributed by atoms with Gasteiger partial charge in [0.2, 0.25) is 0 Å². The van der Waals surface area contributed by atoms with Crippen LogP contribution < -0.4 is 14.9 Å². The molecule has 0 amide bonds. The van der Waals surface area contributed by atoms with Crippen LogP contribution in [0.15, 0.2) is 52.8 Å². The van der Waals surface area contributed by atoms with Crippen molar-refractivity contribution in [3.8, 4) is 11.5 Å². The molecule has 0 spiro atoms. The van der Waals surface area contributed by atoms with E-state index < -0.39 is 21.3 Å². The highest BCUT2D eigenvalue weighted by Gasteiger charge is 2.42. The van der Waals surface area contributed by atoms with Crippen LogP contribution in [0.3, 0.4) is 0 Å². The molecule has 2 aromatic carbocycles. The van der Waals surface area contributed by atoms with Crippen LogP contribution in [0, 0.1) is 0 Å². The lowest BCUT2D eigenvalue weighted by Crippen LogP contribution is -2.46. The fourth-order valence-electron chi connectivity index (χ4n) is 2.87. The Balaban J connectivity index is 1.72. The van der Waals surface area contributed by atoms with Gasteiger partial charge in [-0.2, -0.15) is 18.3 Å². The molecule has 10 heteroatoms. The number of hydrogen-bond acceptors (Lipinski definition) is 6. The second-order valence-electron chi connectivity index (χ2n) is 6.42. The van der Waals surface area contributed by atoms with Gasteiger partial charge in [0.15, 0.2) is 11.5 Å². The summed E-state index contributed by atoms with van der Waals surface area (Å²) in [6.45, 7) is 0.120. The van der Waals surface area contributed by atoms with Gasteiger partial charge in [-0.1, -0.05) is 46.0 Å². The van der Waals surface area contributed by atoms with Gasteiger partial charge in [-0.15, -0.1) is 0 Å². The number of halogens is 4. The van der Waals surface area contributed by atoms with Crippen molar-refractivity contribution in [3.63, 3.8) is 0 Å². The quantitative estimate of drug-likeness (QED) is 0.251. The number of ether oxygens (including phenoxy) is 2. The molecule has 6 nitrogen and oxygen atoms in total. The van der Waals surface area contributed by atoms with Crippen LogP contribution in [0.4, 0.5) is 13.2 Å². The number of carbonyl (C=O) groups is 1. The number of methoxy groups -OCH3 is 1. The van der Waals surface area contributed by atoms with Crippen molar-refractivity contribution < 1.29 is 27.4 Å². The van der Waals surface area contributed by atoms with Crippen molar-refractivity contribution in [2.24, 2.45) is 10.3 Å². The topological polar surface area (TPSA) is 72.3 Å². The van der Waals surface area contributed by atoms with Crippen LogP contribution in [0.1, 0.15) is 21.5 Å². The molecule has 0 saturated heterocycles. The van der Waals surface area contributed by atoms with Gasteiger partial charge < -0.3 is 9.47 Å². The van der Waals surface area contributed by atoms with E-state index in [0.29, 0.717) is 28.9 Å². The molecule has 2 unspecified atom stereocenters. The van der Waals surface area contributed by atoms with Gasteiger partial charge in [-0.25, -0.2) is 0 Å². The second kappa shape index (κ2) is 8.56. The summed E-state index contributed by atoms with van der Waals surface area (Å²) in [6, 6.07) is 9.49. The van der Waals surface area contributed by atoms with E-state index in [1.54, 1.807) is 24.3 Å². The highest BCUT2D eigenvalue weighted by Crippen LogP contribution is 2.35. The molecule has 0 fully saturated rings. The van der Waals surface area contributed by atoms with Gasteiger partial charge in [-0.05, 0) is 29.8 Å². The van der Waals surface area contributed by atoms with Crippen molar-refractivity contribution in [3.05, 3.63) is 59.2 Å². The third-order valence-corrected chi connectivity index (χ3v) is 5.74. The van der Waals surface area contributed by atoms with Crippen molar-refractivity contribution in [2.45, 2.75) is 22.2 Å². The summed E-state index contributed by atoms with van der Waals surface area (Å²) in [7, 11) is 1.46. The maximum atomic E-state index is 13.0. The summed E-state index contributed by atoms with van der Waals surface area (Å²) in [4.78, 5) is 10.9. The first-order valence-electron chi connectivity index (χ1n) is 8.53. The Bertz CT molecular complexity index is 923. The predicted octanol–water partition coefficient (Wildman–Crippen LogP) is 4.62. The zero-order valence-electron chi connectivity index (χ0n) is 15.2. The Morgan fingerprint density at radius 2 is 2.03 bits per heavy atom. The van der Waals surface area contributed by atoms with E-state index >= 15 is 0 Å². The van der Waals surface area contributed by atoms with Crippen LogP contribution >= 0.6 is 22.6 Å². The van der Waals surface area contributed by atoms with E-state index in [2.05, 4.69) is 38.4 Å². The van der Waals surface area contributed by atoms with Crippen LogP contribution in [0.2, 0.25) is 0 Å². The molecule has 154 valence electrons. The largest absolute Gasteiger partial charge is 0.493 e. The van der Waals surface area contributed by atoms with E-state index in [-0.39, 0.29) is 13.0 Å². The Morgan fingerprint density at radius 1 is 1.24 bits per heavy atom. The normalized spacial score (nSPS) is 20.9. The third kappa shape index (κ3) is 4.98. The van der Waals surface area contributed by atoms with E-state index in [1.807, 2.05) is 0 Å². The maximum absolute atomic E-state index is 13.0. The smallest absolute Gasteiger partial charge is 0.416 e. The molecule has 1 aliphatic rings. The van der Waals surface area contributed by atoms with Crippen LogP contribution in [0.5, 0.6) is 11.5 Å². The van der Waals surface area contributed by atoms with E-state index in [0.717, 1.165) is 12.1 Å². The summed E-state index contributed by atoms with van der Waals surface area (Å²) in [6.07, 6.45) is -3.44. The maximum Gasteiger partial charge on any atom is 0.416 e. The molecule has 1 N–H and O–H groups in total. The lowest BCUT2D eigenvalue weighted by Gasteiger charge is -2.27. The molecule has 3 rings (SSSR count). The average Bonchev–Trinajstić information content (AvgIpc) is 3.05. The summed E-state index contributed by atoms with van der Waals surface area (Å²) in [5.74, 6) is 0.826. The van der Waals surface area contributed by atoms with Crippen molar-refractivity contribution in [2.75, 3.05) is 13.7 Å². The lowest BCUT2D eigenvalue weighted by atomic mass is 9.99. The summed E-state index contributed by atoms with van der Waals surface area (Å²) < 4.78 is 49.2. The van der Waals surface area contributed by atoms with Crippen molar-refractivity contribution >= 4 is 28.9 Å². The third-order valence-electron chi connectivity index (χ3n) is 4.40. The van der Waals surface area contributed by atoms with E-state index in [1.165, 1.54) is 13.2 Å². The Hall–Kier alpha value is -2.37. The zero-order chi connectivity index (χ0) is 21.1. The summed E-state index contributed by atoms with van der Waals surface area (Å²) in [5, 5.41) is 7.98. The lowest BCUT2D eigenvalue weighted by molar-refractivity contribution is -0.137. The fourth-order valence-corrected chi connectivity index (χ4v) is 3.72. The SMILES string of the molecule is COc1cc(C=O)ccc1OCC1N=NNC1(I)Cc1cccc(C(F)(F)F)c1. The second-order valence-corrected chi connectivity index (χ2v) is 8.34. The number of alkyl halides is 4. The fraction of sp³-hybridized carbons (Fsp3) is 0.316. The molecule has 29 heavy (non-hydrogen) atoms. The molecule has 1 aliphatic heterocycles. The molecule has 0 bridgehead atoms. The predicted molar refractivity (Wildman–Crippen MR) is 108 cm³/mol. The Kier molecular flexibility index (Phi) is 6.30. The molecular formula is C19H17F3IN3O3. The Morgan fingerprint density at radius 3 is 2.72 bits per heavy atom. The van der Waals surface area contributed by atoms with E-state index in [9.17, 15) is 18.0 Å². The van der Waals surface area contributed by atoms with Crippen LogP contribution in [0.25, 0.3) is 0 Å². The van der Waals surface area contributed by atoms with Crippen LogP contribution in [-0.2, 0) is 12.6 Å². The molecule has 0 aromatic heterocycles. The molecule has 0 radical (unpaired) electrons. The van der Waals surface area contributed by atoms with Crippen molar-refractivity contribution in [1.82, 2.24) is 5.43 Å². The average molecular weight is 519 g/mol. The van der Waals surface area contributed by atoms with Gasteiger partial charge in [0.25, 0.3) is 0 Å². The zero-order valence-corrected chi connectivity index (χ0v) is 17.4. The first-order chi connectivity index (χ1) is 13.7. The minimum atomic E-state index is -4.40. The standard InChI is InChI=1S/C19H17F3IN3O3/c1-28-16-8-13(10-27)5-6-15(16)29-11-17-18(23,25-26-24-17)9-12-3-2-4-14(7-12)19(20,21)22/h2-8,10,17H,9,11H2,1H3,(H,24,25). The summed E-state index contributed by atoms with van der Waals surface area (Å²) in [5.41, 5.74) is 3.13. The number of nitrogens with zero attached hydrogens (tertiary/aromatic N) is 2. The van der Waals surface area contributed by atoms with Crippen molar-refractivity contribution in [1.29, 1.82) is 0 Å². The molecule has 0 aliphatic carbocycles. The Labute approximate surface area is 178 Å². The van der Waals surface area contributed by atoms with E-state index in [4.69, 9.17) is 9.47 Å². The number of rotatable bonds is 7. The van der Waals surface area contributed by atoms with Gasteiger partial charge >= 0.3 is 6.18 Å². The number of hydrogen-bond donors (Lipinski definition) is 1. The highest BCUT2D eigenvalue weighted by atomic mass is 127. The minimum absolute atomic E-state index is 0.120. The number of aldehydes is 1. The van der Waals surface area contributed by atoms with Crippen LogP contribution in [-0.4, -0.2) is 29.6 Å².